The van der Waals surface area contributed by atoms with Gasteiger partial charge in [-0.2, -0.15) is 0 Å². The molecule has 1 atom stereocenters. The molecular formula is C18H22ClN3O. The van der Waals surface area contributed by atoms with Gasteiger partial charge in [0.25, 0.3) is 5.56 Å². The lowest BCUT2D eigenvalue weighted by atomic mass is 9.99. The normalized spacial score (nSPS) is 13.0. The highest BCUT2D eigenvalue weighted by Crippen LogP contribution is 2.28. The highest BCUT2D eigenvalue weighted by atomic mass is 35.5. The van der Waals surface area contributed by atoms with Crippen molar-refractivity contribution in [1.29, 1.82) is 0 Å². The molecule has 5 heteroatoms. The highest BCUT2D eigenvalue weighted by Gasteiger charge is 2.23. The maximum absolute atomic E-state index is 12.6. The Morgan fingerprint density at radius 1 is 1.30 bits per heavy atom. The van der Waals surface area contributed by atoms with Crippen LogP contribution in [-0.4, -0.2) is 14.5 Å². The van der Waals surface area contributed by atoms with Crippen molar-refractivity contribution in [2.24, 2.45) is 5.92 Å². The summed E-state index contributed by atoms with van der Waals surface area (Å²) >= 11 is 6.27. The number of para-hydroxylation sites is 2. The van der Waals surface area contributed by atoms with Gasteiger partial charge in [-0.05, 0) is 24.5 Å². The third-order valence-corrected chi connectivity index (χ3v) is 4.86. The average molecular weight is 332 g/mol. The summed E-state index contributed by atoms with van der Waals surface area (Å²) in [5, 5.41) is 0.239. The molecule has 23 heavy (non-hydrogen) atoms. The zero-order valence-corrected chi connectivity index (χ0v) is 14.4. The van der Waals surface area contributed by atoms with Crippen molar-refractivity contribution in [3.8, 4) is 11.5 Å². The van der Waals surface area contributed by atoms with Crippen molar-refractivity contribution < 1.29 is 0 Å². The molecule has 1 N–H and O–H groups in total. The number of hydrogen-bond acceptors (Lipinski definition) is 2. The number of aromatic nitrogens is 3. The second kappa shape index (κ2) is 6.75. The smallest absolute Gasteiger partial charge is 0.273 e. The fourth-order valence-corrected chi connectivity index (χ4v) is 3.29. The quantitative estimate of drug-likeness (QED) is 0.711. The van der Waals surface area contributed by atoms with Gasteiger partial charge in [0.15, 0.2) is 5.82 Å². The number of nitrogens with zero attached hydrogens (tertiary/aromatic N) is 2. The molecule has 1 unspecified atom stereocenters. The minimum Gasteiger partial charge on any atom is -0.349 e. The Balaban J connectivity index is 2.08. The van der Waals surface area contributed by atoms with Crippen LogP contribution in [0.3, 0.4) is 0 Å². The number of aromatic amines is 1. The first-order valence-corrected chi connectivity index (χ1v) is 8.70. The van der Waals surface area contributed by atoms with Gasteiger partial charge in [-0.15, -0.1) is 0 Å². The van der Waals surface area contributed by atoms with E-state index in [4.69, 9.17) is 11.6 Å². The molecule has 1 aromatic rings. The summed E-state index contributed by atoms with van der Waals surface area (Å²) in [5.41, 5.74) is 2.23. The standard InChI is InChI=1S/C18H22ClN3O/c1-3-5-8-12(4-2)11-22-17-16(15(19)18(22)23)20-13-9-6-7-10-14(13)21-17/h6-7,9-10,12,20H,3-5,8,11H2,1-2H3. The van der Waals surface area contributed by atoms with Crippen LogP contribution in [0.2, 0.25) is 5.02 Å². The van der Waals surface area contributed by atoms with Crippen molar-refractivity contribution >= 4 is 22.6 Å². The Kier molecular flexibility index (Phi) is 4.71. The molecule has 122 valence electrons. The molecule has 3 rings (SSSR count). The van der Waals surface area contributed by atoms with Gasteiger partial charge in [0, 0.05) is 6.54 Å². The van der Waals surface area contributed by atoms with Gasteiger partial charge in [-0.3, -0.25) is 9.36 Å². The molecule has 0 amide bonds. The molecule has 0 fully saturated rings. The number of hydrogen-bond donors (Lipinski definition) is 1. The van der Waals surface area contributed by atoms with E-state index >= 15 is 0 Å². The molecule has 2 aliphatic rings. The molecule has 4 nitrogen and oxygen atoms in total. The van der Waals surface area contributed by atoms with Crippen LogP contribution < -0.4 is 5.56 Å². The van der Waals surface area contributed by atoms with E-state index in [1.54, 1.807) is 4.57 Å². The van der Waals surface area contributed by atoms with Crippen molar-refractivity contribution in [2.45, 2.75) is 46.1 Å². The van der Waals surface area contributed by atoms with Crippen LogP contribution in [0.5, 0.6) is 0 Å². The second-order valence-corrected chi connectivity index (χ2v) is 6.48. The Bertz CT molecular complexity index is 836. The summed E-state index contributed by atoms with van der Waals surface area (Å²) in [6, 6.07) is 7.76. The van der Waals surface area contributed by atoms with Crippen molar-refractivity contribution in [3.63, 3.8) is 0 Å². The van der Waals surface area contributed by atoms with E-state index in [1.165, 1.54) is 12.8 Å². The molecule has 0 bridgehead atoms. The molecule has 0 saturated heterocycles. The fraction of sp³-hybridized carbons (Fsp3) is 0.444. The fourth-order valence-electron chi connectivity index (χ4n) is 3.05. The summed E-state index contributed by atoms with van der Waals surface area (Å²) in [5.74, 6) is 1.14. The molecular weight excluding hydrogens is 310 g/mol. The first-order chi connectivity index (χ1) is 11.2. The Morgan fingerprint density at radius 3 is 2.83 bits per heavy atom. The summed E-state index contributed by atoms with van der Waals surface area (Å²) in [7, 11) is 0. The van der Waals surface area contributed by atoms with Crippen LogP contribution in [0, 0.1) is 5.92 Å². The number of fused-ring (bicyclic) bond motifs is 2. The molecule has 1 aromatic carbocycles. The van der Waals surface area contributed by atoms with E-state index in [0.717, 1.165) is 23.9 Å². The number of H-pyrrole nitrogens is 1. The van der Waals surface area contributed by atoms with Crippen LogP contribution in [-0.2, 0) is 6.54 Å². The van der Waals surface area contributed by atoms with Crippen molar-refractivity contribution in [3.05, 3.63) is 39.6 Å². The number of benzene rings is 1. The van der Waals surface area contributed by atoms with E-state index in [0.29, 0.717) is 24.0 Å². The monoisotopic (exact) mass is 331 g/mol. The summed E-state index contributed by atoms with van der Waals surface area (Å²) in [6.07, 6.45) is 4.53. The largest absolute Gasteiger partial charge is 0.349 e. The average Bonchev–Trinajstić information content (AvgIpc) is 2.81. The Morgan fingerprint density at radius 2 is 2.09 bits per heavy atom. The third kappa shape index (κ3) is 3.00. The van der Waals surface area contributed by atoms with Crippen LogP contribution in [0.4, 0.5) is 0 Å². The minimum absolute atomic E-state index is 0.143. The predicted molar refractivity (Wildman–Crippen MR) is 95.3 cm³/mol. The molecule has 0 saturated carbocycles. The second-order valence-electron chi connectivity index (χ2n) is 6.10. The summed E-state index contributed by atoms with van der Waals surface area (Å²) < 4.78 is 1.74. The van der Waals surface area contributed by atoms with Crippen LogP contribution in [0.15, 0.2) is 29.1 Å². The van der Waals surface area contributed by atoms with Gasteiger partial charge in [0.05, 0.1) is 11.0 Å². The van der Waals surface area contributed by atoms with Crippen molar-refractivity contribution in [2.75, 3.05) is 0 Å². The molecule has 0 radical (unpaired) electrons. The molecule has 0 aromatic heterocycles. The summed E-state index contributed by atoms with van der Waals surface area (Å²) in [4.78, 5) is 20.5. The van der Waals surface area contributed by atoms with E-state index in [2.05, 4.69) is 23.8 Å². The minimum atomic E-state index is -0.143. The Hall–Kier alpha value is -1.81. The topological polar surface area (TPSA) is 50.7 Å². The SMILES string of the molecule is CCCCC(CC)Cn1c2nc3ccccc3[nH]c-2c(Cl)c1=O. The van der Waals surface area contributed by atoms with Crippen LogP contribution in [0.1, 0.15) is 39.5 Å². The zero-order chi connectivity index (χ0) is 16.4. The number of nitrogens with one attached hydrogen (secondary N) is 1. The van der Waals surface area contributed by atoms with Crippen LogP contribution in [0.25, 0.3) is 22.6 Å². The van der Waals surface area contributed by atoms with Gasteiger partial charge in [-0.1, -0.05) is 56.8 Å². The number of rotatable bonds is 6. The molecule has 2 heterocycles. The van der Waals surface area contributed by atoms with Crippen LogP contribution >= 0.6 is 11.6 Å². The lowest BCUT2D eigenvalue weighted by molar-refractivity contribution is 0.388. The summed E-state index contributed by atoms with van der Waals surface area (Å²) in [6.45, 7) is 5.04. The zero-order valence-electron chi connectivity index (χ0n) is 13.6. The maximum atomic E-state index is 12.6. The van der Waals surface area contributed by atoms with Gasteiger partial charge in [0.2, 0.25) is 0 Å². The highest BCUT2D eigenvalue weighted by molar-refractivity contribution is 6.33. The number of halogens is 1. The van der Waals surface area contributed by atoms with Gasteiger partial charge in [0.1, 0.15) is 10.7 Å². The Labute approximate surface area is 140 Å². The first-order valence-electron chi connectivity index (χ1n) is 8.32. The van der Waals surface area contributed by atoms with Crippen molar-refractivity contribution in [1.82, 2.24) is 14.5 Å². The molecule has 2 aliphatic heterocycles. The van der Waals surface area contributed by atoms with Gasteiger partial charge < -0.3 is 4.98 Å². The first kappa shape index (κ1) is 16.1. The lowest BCUT2D eigenvalue weighted by Gasteiger charge is -2.16. The van der Waals surface area contributed by atoms with E-state index in [9.17, 15) is 4.79 Å². The predicted octanol–water partition coefficient (Wildman–Crippen LogP) is 4.70. The maximum Gasteiger partial charge on any atom is 0.273 e. The van der Waals surface area contributed by atoms with E-state index in [-0.39, 0.29) is 10.6 Å². The van der Waals surface area contributed by atoms with E-state index in [1.807, 2.05) is 24.3 Å². The van der Waals surface area contributed by atoms with Gasteiger partial charge in [-0.25, -0.2) is 4.98 Å². The third-order valence-electron chi connectivity index (χ3n) is 4.51. The number of unbranched alkanes of at least 4 members (excludes halogenated alkanes) is 1. The lowest BCUT2D eigenvalue weighted by Crippen LogP contribution is -2.21. The molecule has 0 aliphatic carbocycles. The molecule has 0 spiro atoms. The van der Waals surface area contributed by atoms with Gasteiger partial charge >= 0.3 is 0 Å². The van der Waals surface area contributed by atoms with E-state index < -0.39 is 0 Å².